The van der Waals surface area contributed by atoms with Crippen molar-refractivity contribution in [3.8, 4) is 16.9 Å². The van der Waals surface area contributed by atoms with Gasteiger partial charge >= 0.3 is 0 Å². The maximum atomic E-state index is 12.2. The minimum absolute atomic E-state index is 0.0699. The van der Waals surface area contributed by atoms with Gasteiger partial charge in [-0.05, 0) is 22.6 Å². The molecule has 1 N–H and O–H groups in total. The zero-order valence-corrected chi connectivity index (χ0v) is 14.4. The highest BCUT2D eigenvalue weighted by atomic mass is 16.2. The van der Waals surface area contributed by atoms with E-state index in [4.69, 9.17) is 5.10 Å². The molecule has 0 saturated carbocycles. The monoisotopic (exact) mass is 359 g/mol. The average molecular weight is 359 g/mol. The molecule has 0 atom stereocenters. The Morgan fingerprint density at radius 1 is 1.00 bits per heavy atom. The number of benzene rings is 2. The van der Waals surface area contributed by atoms with Gasteiger partial charge in [0.15, 0.2) is 0 Å². The van der Waals surface area contributed by atoms with Gasteiger partial charge in [0, 0.05) is 23.9 Å². The molecule has 2 aromatic heterocycles. The number of tetrazole rings is 1. The summed E-state index contributed by atoms with van der Waals surface area (Å²) in [6.45, 7) is 0.429. The van der Waals surface area contributed by atoms with Crippen molar-refractivity contribution < 1.29 is 4.79 Å². The normalized spacial score (nSPS) is 10.7. The molecule has 0 spiro atoms. The highest BCUT2D eigenvalue weighted by Crippen LogP contribution is 2.23. The largest absolute Gasteiger partial charge is 0.350 e. The maximum Gasteiger partial charge on any atom is 0.242 e. The first-order valence-corrected chi connectivity index (χ1v) is 8.46. The molecule has 0 aliphatic carbocycles. The number of nitrogens with zero attached hydrogens (tertiary/aromatic N) is 6. The minimum Gasteiger partial charge on any atom is -0.350 e. The van der Waals surface area contributed by atoms with Crippen LogP contribution in [-0.4, -0.2) is 35.9 Å². The third kappa shape index (κ3) is 3.90. The fourth-order valence-corrected chi connectivity index (χ4v) is 2.74. The van der Waals surface area contributed by atoms with Gasteiger partial charge in [-0.25, -0.2) is 9.36 Å². The van der Waals surface area contributed by atoms with E-state index < -0.39 is 0 Å². The van der Waals surface area contributed by atoms with E-state index in [-0.39, 0.29) is 12.5 Å². The Morgan fingerprint density at radius 3 is 2.44 bits per heavy atom. The quantitative estimate of drug-likeness (QED) is 0.567. The van der Waals surface area contributed by atoms with E-state index in [2.05, 4.69) is 20.8 Å². The van der Waals surface area contributed by atoms with Crippen molar-refractivity contribution in [2.24, 2.45) is 0 Å². The summed E-state index contributed by atoms with van der Waals surface area (Å²) in [7, 11) is 0. The fourth-order valence-electron chi connectivity index (χ4n) is 2.74. The summed E-state index contributed by atoms with van der Waals surface area (Å²) in [6, 6.07) is 19.8. The predicted molar refractivity (Wildman–Crippen MR) is 98.7 cm³/mol. The number of nitrogens with one attached hydrogen (secondary N) is 1. The summed E-state index contributed by atoms with van der Waals surface area (Å²) in [4.78, 5) is 12.2. The van der Waals surface area contributed by atoms with Crippen LogP contribution in [0.2, 0.25) is 0 Å². The molecule has 0 fully saturated rings. The van der Waals surface area contributed by atoms with E-state index in [1.165, 1.54) is 11.0 Å². The number of carbonyl (C=O) groups excluding carboxylic acids is 1. The van der Waals surface area contributed by atoms with Crippen molar-refractivity contribution in [2.45, 2.75) is 13.1 Å². The molecular formula is C19H17N7O. The lowest BCUT2D eigenvalue weighted by molar-refractivity contribution is -0.122. The van der Waals surface area contributed by atoms with Gasteiger partial charge in [0.1, 0.15) is 12.9 Å². The van der Waals surface area contributed by atoms with Crippen molar-refractivity contribution in [3.05, 3.63) is 78.8 Å². The van der Waals surface area contributed by atoms with Gasteiger partial charge in [-0.15, -0.1) is 5.10 Å². The molecule has 4 rings (SSSR count). The van der Waals surface area contributed by atoms with Crippen LogP contribution < -0.4 is 5.32 Å². The van der Waals surface area contributed by atoms with E-state index in [1.54, 1.807) is 0 Å². The second kappa shape index (κ2) is 7.61. The topological polar surface area (TPSA) is 90.5 Å². The fraction of sp³-hybridized carbons (Fsp3) is 0.105. The zero-order chi connectivity index (χ0) is 18.5. The highest BCUT2D eigenvalue weighted by Gasteiger charge is 2.13. The number of hydrogen-bond acceptors (Lipinski definition) is 5. The first-order valence-electron chi connectivity index (χ1n) is 8.46. The lowest BCUT2D eigenvalue weighted by Crippen LogP contribution is -2.27. The standard InChI is InChI=1S/C19H17N7O/c27-18(13-25-14-21-23-24-25)20-11-16-12-26(17-9-5-2-6-10-17)22-19(16)15-7-3-1-4-8-15/h1-10,12,14H,11,13H2,(H,20,27). The Hall–Kier alpha value is -3.81. The maximum absolute atomic E-state index is 12.2. The van der Waals surface area contributed by atoms with Crippen molar-refractivity contribution in [3.63, 3.8) is 0 Å². The molecule has 8 nitrogen and oxygen atoms in total. The van der Waals surface area contributed by atoms with Crippen molar-refractivity contribution in [1.82, 2.24) is 35.3 Å². The van der Waals surface area contributed by atoms with Crippen molar-refractivity contribution in [2.75, 3.05) is 0 Å². The highest BCUT2D eigenvalue weighted by molar-refractivity contribution is 5.76. The Kier molecular flexibility index (Phi) is 4.69. The number of hydrogen-bond donors (Lipinski definition) is 1. The van der Waals surface area contributed by atoms with Gasteiger partial charge in [-0.3, -0.25) is 4.79 Å². The Morgan fingerprint density at radius 2 is 1.74 bits per heavy atom. The van der Waals surface area contributed by atoms with Crippen LogP contribution in [0.25, 0.3) is 16.9 Å². The van der Waals surface area contributed by atoms with Gasteiger partial charge in [-0.2, -0.15) is 5.10 Å². The molecule has 0 radical (unpaired) electrons. The van der Waals surface area contributed by atoms with Crippen molar-refractivity contribution in [1.29, 1.82) is 0 Å². The second-order valence-corrected chi connectivity index (χ2v) is 5.93. The molecule has 4 aromatic rings. The Labute approximate surface area is 155 Å². The number of para-hydroxylation sites is 1. The van der Waals surface area contributed by atoms with Crippen LogP contribution in [0.1, 0.15) is 5.56 Å². The van der Waals surface area contributed by atoms with Crippen LogP contribution in [-0.2, 0) is 17.9 Å². The van der Waals surface area contributed by atoms with Gasteiger partial charge in [0.25, 0.3) is 0 Å². The van der Waals surface area contributed by atoms with E-state index in [0.717, 1.165) is 22.5 Å². The van der Waals surface area contributed by atoms with Crippen molar-refractivity contribution >= 4 is 5.91 Å². The Bertz CT molecular complexity index is 1010. The molecule has 2 aromatic carbocycles. The summed E-state index contributed by atoms with van der Waals surface area (Å²) < 4.78 is 3.20. The molecule has 1 amide bonds. The van der Waals surface area contributed by atoms with E-state index in [1.807, 2.05) is 71.5 Å². The smallest absolute Gasteiger partial charge is 0.242 e. The van der Waals surface area contributed by atoms with Crippen LogP contribution in [0.15, 0.2) is 73.2 Å². The van der Waals surface area contributed by atoms with E-state index in [9.17, 15) is 4.79 Å². The Balaban J connectivity index is 1.58. The lowest BCUT2D eigenvalue weighted by Gasteiger charge is -2.05. The summed E-state index contributed by atoms with van der Waals surface area (Å²) in [5.41, 5.74) is 3.72. The van der Waals surface area contributed by atoms with E-state index in [0.29, 0.717) is 6.54 Å². The molecule has 0 aliphatic heterocycles. The average Bonchev–Trinajstić information content (AvgIpc) is 3.37. The molecule has 134 valence electrons. The number of aromatic nitrogens is 6. The number of carbonyl (C=O) groups is 1. The summed E-state index contributed by atoms with van der Waals surface area (Å²) in [5, 5.41) is 18.4. The van der Waals surface area contributed by atoms with Gasteiger partial charge in [0.05, 0.1) is 11.4 Å². The summed E-state index contributed by atoms with van der Waals surface area (Å²) in [5.74, 6) is -0.172. The first kappa shape index (κ1) is 16.6. The molecule has 2 heterocycles. The first-order chi connectivity index (χ1) is 13.3. The molecule has 0 bridgehead atoms. The SMILES string of the molecule is O=C(Cn1cnnn1)NCc1cn(-c2ccccc2)nc1-c1ccccc1. The molecule has 27 heavy (non-hydrogen) atoms. The van der Waals surface area contributed by atoms with Crippen LogP contribution in [0.4, 0.5) is 0 Å². The van der Waals surface area contributed by atoms with E-state index >= 15 is 0 Å². The lowest BCUT2D eigenvalue weighted by atomic mass is 10.1. The molecule has 8 heteroatoms. The molecule has 0 saturated heterocycles. The molecule has 0 aliphatic rings. The van der Waals surface area contributed by atoms with Gasteiger partial charge in [0.2, 0.25) is 5.91 Å². The van der Waals surface area contributed by atoms with Gasteiger partial charge < -0.3 is 5.32 Å². The van der Waals surface area contributed by atoms with Crippen LogP contribution in [0, 0.1) is 0 Å². The number of rotatable bonds is 6. The molecule has 0 unspecified atom stereocenters. The van der Waals surface area contributed by atoms with Gasteiger partial charge in [-0.1, -0.05) is 48.5 Å². The van der Waals surface area contributed by atoms with Crippen LogP contribution in [0.5, 0.6) is 0 Å². The third-order valence-corrected chi connectivity index (χ3v) is 4.03. The summed E-state index contributed by atoms with van der Waals surface area (Å²) in [6.07, 6.45) is 3.34. The number of amides is 1. The molecular weight excluding hydrogens is 342 g/mol. The second-order valence-electron chi connectivity index (χ2n) is 5.93. The predicted octanol–water partition coefficient (Wildman–Crippen LogP) is 1.84. The van der Waals surface area contributed by atoms with Crippen LogP contribution in [0.3, 0.4) is 0 Å². The third-order valence-electron chi connectivity index (χ3n) is 4.03. The summed E-state index contributed by atoms with van der Waals surface area (Å²) >= 11 is 0. The minimum atomic E-state index is -0.172. The zero-order valence-electron chi connectivity index (χ0n) is 14.4. The van der Waals surface area contributed by atoms with Crippen LogP contribution >= 0.6 is 0 Å².